The Labute approximate surface area is 145 Å². The summed E-state index contributed by atoms with van der Waals surface area (Å²) in [5.41, 5.74) is 1.69. The number of allylic oxidation sites excluding steroid dienone is 1. The van der Waals surface area contributed by atoms with Crippen LogP contribution in [-0.4, -0.2) is 25.2 Å². The summed E-state index contributed by atoms with van der Waals surface area (Å²) in [6, 6.07) is 8.52. The number of carbonyl (C=O) groups is 1. The Morgan fingerprint density at radius 1 is 1.28 bits per heavy atom. The third-order valence-electron chi connectivity index (χ3n) is 4.00. The molecule has 1 amide bonds. The van der Waals surface area contributed by atoms with E-state index < -0.39 is 6.23 Å². The Bertz CT molecular complexity index is 831. The summed E-state index contributed by atoms with van der Waals surface area (Å²) in [5.74, 6) is 0.956. The number of phenolic OH excluding ortho intramolecular Hbond substituents is 1. The van der Waals surface area contributed by atoms with Gasteiger partial charge in [0, 0.05) is 11.1 Å². The van der Waals surface area contributed by atoms with Crippen LogP contribution in [0.2, 0.25) is 0 Å². The lowest BCUT2D eigenvalue weighted by Gasteiger charge is -2.28. The maximum Gasteiger partial charge on any atom is 0.258 e. The molecule has 130 valence electrons. The zero-order valence-corrected chi connectivity index (χ0v) is 14.0. The third-order valence-corrected chi connectivity index (χ3v) is 4.00. The quantitative estimate of drug-likeness (QED) is 0.818. The minimum absolute atomic E-state index is 0.0475. The molecule has 0 aliphatic carbocycles. The maximum atomic E-state index is 12.4. The molecule has 0 aromatic heterocycles. The van der Waals surface area contributed by atoms with Gasteiger partial charge in [0.05, 0.1) is 19.8 Å². The predicted octanol–water partition coefficient (Wildman–Crippen LogP) is 2.96. The molecule has 2 aromatic rings. The summed E-state index contributed by atoms with van der Waals surface area (Å²) in [6.45, 7) is 3.69. The van der Waals surface area contributed by atoms with E-state index in [2.05, 4.69) is 11.9 Å². The number of nitrogens with one attached hydrogen (secondary N) is 1. The summed E-state index contributed by atoms with van der Waals surface area (Å²) < 4.78 is 16.5. The third kappa shape index (κ3) is 2.98. The molecule has 0 radical (unpaired) electrons. The van der Waals surface area contributed by atoms with Gasteiger partial charge < -0.3 is 24.6 Å². The van der Waals surface area contributed by atoms with Crippen molar-refractivity contribution in [2.45, 2.75) is 12.6 Å². The average molecular weight is 341 g/mol. The zero-order valence-electron chi connectivity index (χ0n) is 14.0. The van der Waals surface area contributed by atoms with E-state index in [0.29, 0.717) is 40.4 Å². The molecule has 1 aliphatic rings. The standard InChI is InChI=1S/C19H19NO5/c1-4-6-11-9-12(10-15(24-3)16(11)21)19-20-18(22)13-7-5-8-14(23-2)17(13)25-19/h4-5,7-10,19,21H,1,6H2,2-3H3,(H,20,22). The van der Waals surface area contributed by atoms with Gasteiger partial charge in [-0.2, -0.15) is 0 Å². The van der Waals surface area contributed by atoms with Crippen LogP contribution >= 0.6 is 0 Å². The molecule has 6 nitrogen and oxygen atoms in total. The Morgan fingerprint density at radius 3 is 2.72 bits per heavy atom. The van der Waals surface area contributed by atoms with Crippen molar-refractivity contribution in [2.24, 2.45) is 0 Å². The van der Waals surface area contributed by atoms with Crippen LogP contribution in [0.15, 0.2) is 43.0 Å². The Kier molecular flexibility index (Phi) is 4.52. The molecule has 25 heavy (non-hydrogen) atoms. The maximum absolute atomic E-state index is 12.4. The number of para-hydroxylation sites is 1. The van der Waals surface area contributed by atoms with Crippen LogP contribution in [0.5, 0.6) is 23.0 Å². The van der Waals surface area contributed by atoms with Crippen molar-refractivity contribution in [1.82, 2.24) is 5.32 Å². The number of fused-ring (bicyclic) bond motifs is 1. The zero-order chi connectivity index (χ0) is 18.0. The normalized spacial score (nSPS) is 15.6. The number of methoxy groups -OCH3 is 2. The fraction of sp³-hybridized carbons (Fsp3) is 0.211. The lowest BCUT2D eigenvalue weighted by molar-refractivity contribution is 0.0745. The summed E-state index contributed by atoms with van der Waals surface area (Å²) in [5, 5.41) is 13.0. The first kappa shape index (κ1) is 16.7. The highest BCUT2D eigenvalue weighted by Crippen LogP contribution is 2.39. The minimum Gasteiger partial charge on any atom is -0.504 e. The Hall–Kier alpha value is -3.15. The SMILES string of the molecule is C=CCc1cc(C2NC(=O)c3cccc(OC)c3O2)cc(OC)c1O. The van der Waals surface area contributed by atoms with Crippen molar-refractivity contribution >= 4 is 5.91 Å². The molecule has 0 spiro atoms. The fourth-order valence-electron chi connectivity index (χ4n) is 2.78. The number of phenols is 1. The van der Waals surface area contributed by atoms with Crippen molar-refractivity contribution in [3.05, 3.63) is 59.7 Å². The molecular weight excluding hydrogens is 322 g/mol. The van der Waals surface area contributed by atoms with Crippen LogP contribution in [0.3, 0.4) is 0 Å². The van der Waals surface area contributed by atoms with E-state index in [1.54, 1.807) is 36.4 Å². The first-order valence-electron chi connectivity index (χ1n) is 7.74. The lowest BCUT2D eigenvalue weighted by Crippen LogP contribution is -2.37. The van der Waals surface area contributed by atoms with Gasteiger partial charge in [-0.1, -0.05) is 12.1 Å². The van der Waals surface area contributed by atoms with E-state index in [4.69, 9.17) is 14.2 Å². The molecule has 6 heteroatoms. The van der Waals surface area contributed by atoms with Crippen LogP contribution in [0.1, 0.15) is 27.7 Å². The van der Waals surface area contributed by atoms with Gasteiger partial charge in [-0.3, -0.25) is 4.79 Å². The second-order valence-corrected chi connectivity index (χ2v) is 5.53. The highest BCUT2D eigenvalue weighted by atomic mass is 16.5. The van der Waals surface area contributed by atoms with Crippen LogP contribution in [-0.2, 0) is 6.42 Å². The van der Waals surface area contributed by atoms with Crippen molar-refractivity contribution in [3.63, 3.8) is 0 Å². The monoisotopic (exact) mass is 341 g/mol. The van der Waals surface area contributed by atoms with Gasteiger partial charge in [-0.25, -0.2) is 0 Å². The number of carbonyl (C=O) groups excluding carboxylic acids is 1. The van der Waals surface area contributed by atoms with Crippen LogP contribution < -0.4 is 19.5 Å². The largest absolute Gasteiger partial charge is 0.504 e. The molecule has 1 atom stereocenters. The Morgan fingerprint density at radius 2 is 2.04 bits per heavy atom. The van der Waals surface area contributed by atoms with E-state index in [1.807, 2.05) is 0 Å². The number of amides is 1. The molecule has 2 N–H and O–H groups in total. The van der Waals surface area contributed by atoms with Crippen LogP contribution in [0.4, 0.5) is 0 Å². The molecule has 1 heterocycles. The second-order valence-electron chi connectivity index (χ2n) is 5.53. The predicted molar refractivity (Wildman–Crippen MR) is 92.4 cm³/mol. The van der Waals surface area contributed by atoms with Gasteiger partial charge in [-0.15, -0.1) is 6.58 Å². The number of benzene rings is 2. The topological polar surface area (TPSA) is 77.0 Å². The first-order valence-corrected chi connectivity index (χ1v) is 7.74. The van der Waals surface area contributed by atoms with Crippen molar-refractivity contribution in [1.29, 1.82) is 0 Å². The molecule has 1 unspecified atom stereocenters. The first-order chi connectivity index (χ1) is 12.1. The summed E-state index contributed by atoms with van der Waals surface area (Å²) in [6.07, 6.45) is 1.41. The number of hydrogen-bond donors (Lipinski definition) is 2. The van der Waals surface area contributed by atoms with Gasteiger partial charge in [0.2, 0.25) is 0 Å². The van der Waals surface area contributed by atoms with Crippen LogP contribution in [0.25, 0.3) is 0 Å². The Balaban J connectivity index is 2.04. The summed E-state index contributed by atoms with van der Waals surface area (Å²) >= 11 is 0. The van der Waals surface area contributed by atoms with Gasteiger partial charge in [0.1, 0.15) is 0 Å². The summed E-state index contributed by atoms with van der Waals surface area (Å²) in [7, 11) is 2.99. The molecule has 2 aromatic carbocycles. The van der Waals surface area contributed by atoms with Gasteiger partial charge in [-0.05, 0) is 30.7 Å². The smallest absolute Gasteiger partial charge is 0.258 e. The van der Waals surface area contributed by atoms with Crippen molar-refractivity contribution in [3.8, 4) is 23.0 Å². The highest BCUT2D eigenvalue weighted by molar-refractivity contribution is 5.99. The second kappa shape index (κ2) is 6.76. The van der Waals surface area contributed by atoms with E-state index in [0.717, 1.165) is 0 Å². The molecule has 1 aliphatic heterocycles. The minimum atomic E-state index is -0.727. The fourth-order valence-corrected chi connectivity index (χ4v) is 2.78. The van der Waals surface area contributed by atoms with E-state index in [-0.39, 0.29) is 11.7 Å². The van der Waals surface area contributed by atoms with E-state index in [1.165, 1.54) is 14.2 Å². The number of ether oxygens (including phenoxy) is 3. The van der Waals surface area contributed by atoms with Crippen molar-refractivity contribution < 1.29 is 24.1 Å². The number of aromatic hydroxyl groups is 1. The molecule has 0 fully saturated rings. The van der Waals surface area contributed by atoms with E-state index in [9.17, 15) is 9.90 Å². The lowest BCUT2D eigenvalue weighted by atomic mass is 10.0. The number of rotatable bonds is 5. The molecule has 0 saturated carbocycles. The molecule has 3 rings (SSSR count). The average Bonchev–Trinajstić information content (AvgIpc) is 2.63. The van der Waals surface area contributed by atoms with Crippen LogP contribution in [0, 0.1) is 0 Å². The molecular formula is C19H19NO5. The highest BCUT2D eigenvalue weighted by Gasteiger charge is 2.30. The van der Waals surface area contributed by atoms with E-state index >= 15 is 0 Å². The van der Waals surface area contributed by atoms with Gasteiger partial charge in [0.15, 0.2) is 29.2 Å². The van der Waals surface area contributed by atoms with Gasteiger partial charge in [0.25, 0.3) is 5.91 Å². The number of hydrogen-bond acceptors (Lipinski definition) is 5. The van der Waals surface area contributed by atoms with Crippen molar-refractivity contribution in [2.75, 3.05) is 14.2 Å². The molecule has 0 saturated heterocycles. The summed E-state index contributed by atoms with van der Waals surface area (Å²) in [4.78, 5) is 12.4. The van der Waals surface area contributed by atoms with Gasteiger partial charge >= 0.3 is 0 Å². The molecule has 0 bridgehead atoms.